The van der Waals surface area contributed by atoms with Gasteiger partial charge in [0, 0.05) is 36.2 Å². The lowest BCUT2D eigenvalue weighted by Crippen LogP contribution is -2.42. The van der Waals surface area contributed by atoms with Crippen molar-refractivity contribution in [1.82, 2.24) is 15.1 Å². The van der Waals surface area contributed by atoms with Crippen LogP contribution in [0.4, 0.5) is 0 Å². The summed E-state index contributed by atoms with van der Waals surface area (Å²) in [6.45, 7) is 8.81. The molecule has 20 heavy (non-hydrogen) atoms. The van der Waals surface area contributed by atoms with Crippen molar-refractivity contribution in [1.29, 1.82) is 0 Å². The fourth-order valence-corrected chi connectivity index (χ4v) is 2.31. The number of aromatic nitrogens is 2. The zero-order valence-electron chi connectivity index (χ0n) is 12.4. The van der Waals surface area contributed by atoms with E-state index < -0.39 is 11.4 Å². The molecule has 0 spiro atoms. The fraction of sp³-hybridized carbons (Fsp3) is 0.643. The third kappa shape index (κ3) is 2.69. The Hall–Kier alpha value is -1.85. The summed E-state index contributed by atoms with van der Waals surface area (Å²) in [6.07, 6.45) is 0.684. The van der Waals surface area contributed by atoms with Crippen LogP contribution in [0.5, 0.6) is 0 Å². The van der Waals surface area contributed by atoms with Crippen LogP contribution in [-0.2, 0) is 22.5 Å². The molecule has 0 fully saturated rings. The van der Waals surface area contributed by atoms with Crippen molar-refractivity contribution < 1.29 is 14.3 Å². The molecule has 6 heteroatoms. The second-order valence-corrected chi connectivity index (χ2v) is 5.98. The molecular weight excluding hydrogens is 258 g/mol. The fourth-order valence-electron chi connectivity index (χ4n) is 2.31. The Balaban J connectivity index is 2.22. The summed E-state index contributed by atoms with van der Waals surface area (Å²) in [5, 5.41) is 6.91. The first kappa shape index (κ1) is 14.6. The Labute approximate surface area is 118 Å². The maximum Gasteiger partial charge on any atom is 0.359 e. The second-order valence-electron chi connectivity index (χ2n) is 5.98. The molecule has 0 saturated heterocycles. The molecule has 1 aromatic rings. The summed E-state index contributed by atoms with van der Waals surface area (Å²) in [4.78, 5) is 26.0. The van der Waals surface area contributed by atoms with Gasteiger partial charge in [-0.15, -0.1) is 0 Å². The van der Waals surface area contributed by atoms with E-state index in [-0.39, 0.29) is 5.91 Å². The van der Waals surface area contributed by atoms with Crippen LogP contribution in [0.1, 0.15) is 49.4 Å². The highest BCUT2D eigenvalue weighted by Gasteiger charge is 2.32. The van der Waals surface area contributed by atoms with Gasteiger partial charge in [-0.05, 0) is 6.92 Å². The Kier molecular flexibility index (Phi) is 3.83. The molecule has 1 N–H and O–H groups in total. The summed E-state index contributed by atoms with van der Waals surface area (Å²) in [7, 11) is 0. The number of ether oxygens (including phenoxy) is 1. The van der Waals surface area contributed by atoms with Crippen molar-refractivity contribution in [2.24, 2.45) is 5.41 Å². The normalized spacial score (nSPS) is 14.9. The Morgan fingerprint density at radius 3 is 2.70 bits per heavy atom. The van der Waals surface area contributed by atoms with Gasteiger partial charge in [0.1, 0.15) is 0 Å². The number of hydrogen-bond acceptors (Lipinski definition) is 4. The van der Waals surface area contributed by atoms with Crippen LogP contribution in [0.2, 0.25) is 0 Å². The minimum atomic E-state index is -0.435. The van der Waals surface area contributed by atoms with Gasteiger partial charge in [0.25, 0.3) is 0 Å². The average Bonchev–Trinajstić information content (AvgIpc) is 2.79. The van der Waals surface area contributed by atoms with Gasteiger partial charge in [0.15, 0.2) is 5.69 Å². The van der Waals surface area contributed by atoms with E-state index in [0.717, 1.165) is 11.3 Å². The van der Waals surface area contributed by atoms with Crippen molar-refractivity contribution in [3.8, 4) is 0 Å². The lowest BCUT2D eigenvalue weighted by molar-refractivity contribution is -0.140. The third-order valence-electron chi connectivity index (χ3n) is 3.33. The van der Waals surface area contributed by atoms with Gasteiger partial charge in [0.2, 0.25) is 5.91 Å². The predicted molar refractivity (Wildman–Crippen MR) is 73.1 cm³/mol. The number of nitrogens with zero attached hydrogens (tertiary/aromatic N) is 2. The minimum absolute atomic E-state index is 0.0826. The molecule has 1 amide bonds. The highest BCUT2D eigenvalue weighted by atomic mass is 16.5. The molecule has 0 aromatic carbocycles. The molecule has 1 aliphatic heterocycles. The topological polar surface area (TPSA) is 75.3 Å². The first-order valence-corrected chi connectivity index (χ1v) is 6.87. The molecule has 0 radical (unpaired) electrons. The average molecular weight is 279 g/mol. The number of H-pyrrole nitrogens is 1. The number of hydrogen-bond donors (Lipinski definition) is 1. The van der Waals surface area contributed by atoms with Gasteiger partial charge >= 0.3 is 5.97 Å². The van der Waals surface area contributed by atoms with Gasteiger partial charge in [-0.25, -0.2) is 4.79 Å². The maximum atomic E-state index is 12.3. The first-order valence-electron chi connectivity index (χ1n) is 6.87. The third-order valence-corrected chi connectivity index (χ3v) is 3.33. The number of aromatic amines is 1. The standard InChI is InChI=1S/C14H21N3O3/c1-5-20-12(18)11-9-8-17(13(19)14(2,3)4)7-6-10(9)15-16-11/h5-8H2,1-4H3,(H,15,16). The van der Waals surface area contributed by atoms with Crippen LogP contribution in [0.3, 0.4) is 0 Å². The molecule has 0 aliphatic carbocycles. The van der Waals surface area contributed by atoms with Crippen molar-refractivity contribution >= 4 is 11.9 Å². The number of carbonyl (C=O) groups is 2. The van der Waals surface area contributed by atoms with E-state index in [9.17, 15) is 9.59 Å². The summed E-state index contributed by atoms with van der Waals surface area (Å²) < 4.78 is 4.99. The quantitative estimate of drug-likeness (QED) is 0.833. The van der Waals surface area contributed by atoms with Crippen molar-refractivity contribution in [2.45, 2.75) is 40.7 Å². The SMILES string of the molecule is CCOC(=O)c1n[nH]c2c1CN(C(=O)C(C)(C)C)CC2. The number of esters is 1. The first-order chi connectivity index (χ1) is 9.34. The van der Waals surface area contributed by atoms with Crippen LogP contribution in [0.25, 0.3) is 0 Å². The van der Waals surface area contributed by atoms with E-state index in [4.69, 9.17) is 4.74 Å². The number of rotatable bonds is 2. The van der Waals surface area contributed by atoms with E-state index in [1.54, 1.807) is 11.8 Å². The van der Waals surface area contributed by atoms with Crippen LogP contribution < -0.4 is 0 Å². The van der Waals surface area contributed by atoms with Crippen LogP contribution in [0.15, 0.2) is 0 Å². The molecule has 0 atom stereocenters. The molecule has 0 bridgehead atoms. The predicted octanol–water partition coefficient (Wildman–Crippen LogP) is 1.52. The number of carbonyl (C=O) groups excluding carboxylic acids is 2. The zero-order chi connectivity index (χ0) is 14.9. The van der Waals surface area contributed by atoms with Crippen LogP contribution in [-0.4, -0.2) is 40.1 Å². The molecule has 0 saturated carbocycles. The molecule has 110 valence electrons. The number of nitrogens with one attached hydrogen (secondary N) is 1. The highest BCUT2D eigenvalue weighted by molar-refractivity contribution is 5.89. The molecule has 1 aliphatic rings. The van der Waals surface area contributed by atoms with Gasteiger partial charge < -0.3 is 9.64 Å². The monoisotopic (exact) mass is 279 g/mol. The van der Waals surface area contributed by atoms with Crippen LogP contribution >= 0.6 is 0 Å². The highest BCUT2D eigenvalue weighted by Crippen LogP contribution is 2.25. The van der Waals surface area contributed by atoms with Gasteiger partial charge in [-0.3, -0.25) is 9.89 Å². The summed E-state index contributed by atoms with van der Waals surface area (Å²) in [6, 6.07) is 0. The van der Waals surface area contributed by atoms with E-state index in [2.05, 4.69) is 10.2 Å². The van der Waals surface area contributed by atoms with Gasteiger partial charge in [0.05, 0.1) is 6.61 Å². The van der Waals surface area contributed by atoms with Crippen molar-refractivity contribution in [2.75, 3.05) is 13.2 Å². The van der Waals surface area contributed by atoms with Gasteiger partial charge in [-0.2, -0.15) is 5.10 Å². The number of fused-ring (bicyclic) bond motifs is 1. The molecular formula is C14H21N3O3. The van der Waals surface area contributed by atoms with Gasteiger partial charge in [-0.1, -0.05) is 20.8 Å². The summed E-state index contributed by atoms with van der Waals surface area (Å²) >= 11 is 0. The minimum Gasteiger partial charge on any atom is -0.461 e. The molecule has 1 aromatic heterocycles. The van der Waals surface area contributed by atoms with E-state index in [1.165, 1.54) is 0 Å². The van der Waals surface area contributed by atoms with E-state index >= 15 is 0 Å². The Morgan fingerprint density at radius 1 is 1.40 bits per heavy atom. The lowest BCUT2D eigenvalue weighted by Gasteiger charge is -2.32. The van der Waals surface area contributed by atoms with Crippen molar-refractivity contribution in [3.05, 3.63) is 17.0 Å². The Morgan fingerprint density at radius 2 is 2.10 bits per heavy atom. The number of amides is 1. The molecule has 6 nitrogen and oxygen atoms in total. The summed E-state index contributed by atoms with van der Waals surface area (Å²) in [5.41, 5.74) is 1.58. The van der Waals surface area contributed by atoms with Crippen molar-refractivity contribution in [3.63, 3.8) is 0 Å². The second kappa shape index (κ2) is 5.26. The largest absolute Gasteiger partial charge is 0.461 e. The molecule has 2 rings (SSSR count). The zero-order valence-corrected chi connectivity index (χ0v) is 12.4. The Bertz CT molecular complexity index is 528. The maximum absolute atomic E-state index is 12.3. The van der Waals surface area contributed by atoms with E-state index in [0.29, 0.717) is 31.8 Å². The molecule has 0 unspecified atom stereocenters. The smallest absolute Gasteiger partial charge is 0.359 e. The molecule has 2 heterocycles. The van der Waals surface area contributed by atoms with Crippen LogP contribution in [0, 0.1) is 5.41 Å². The lowest BCUT2D eigenvalue weighted by atomic mass is 9.93. The van der Waals surface area contributed by atoms with E-state index in [1.807, 2.05) is 20.8 Å². The summed E-state index contributed by atoms with van der Waals surface area (Å²) in [5.74, 6) is -0.353.